The van der Waals surface area contributed by atoms with E-state index in [4.69, 9.17) is 0 Å². The Morgan fingerprint density at radius 3 is 3.00 bits per heavy atom. The second-order valence-corrected chi connectivity index (χ2v) is 3.34. The SMILES string of the molecule is C=CCN1CCN/C1=C(\C(=O)OCC)[N+](=O)[O-]. The number of hydrogen-bond acceptors (Lipinski definition) is 6. The minimum Gasteiger partial charge on any atom is -0.458 e. The fourth-order valence-corrected chi connectivity index (χ4v) is 1.56. The molecule has 0 aromatic heterocycles. The highest BCUT2D eigenvalue weighted by Crippen LogP contribution is 2.14. The Kier molecular flexibility index (Phi) is 4.50. The highest BCUT2D eigenvalue weighted by molar-refractivity contribution is 5.86. The van der Waals surface area contributed by atoms with Crippen LogP contribution >= 0.6 is 0 Å². The molecule has 1 heterocycles. The van der Waals surface area contributed by atoms with Crippen molar-refractivity contribution in [1.82, 2.24) is 10.2 Å². The van der Waals surface area contributed by atoms with Gasteiger partial charge in [-0.15, -0.1) is 6.58 Å². The zero-order valence-corrected chi connectivity index (χ0v) is 9.64. The van der Waals surface area contributed by atoms with Crippen LogP contribution in [0.2, 0.25) is 0 Å². The number of hydrogen-bond donors (Lipinski definition) is 1. The van der Waals surface area contributed by atoms with Crippen LogP contribution in [-0.2, 0) is 9.53 Å². The van der Waals surface area contributed by atoms with E-state index in [1.807, 2.05) is 0 Å². The second kappa shape index (κ2) is 5.88. The number of nitro groups is 1. The van der Waals surface area contributed by atoms with Gasteiger partial charge in [-0.25, -0.2) is 4.79 Å². The first-order valence-corrected chi connectivity index (χ1v) is 5.27. The third-order valence-corrected chi connectivity index (χ3v) is 2.22. The lowest BCUT2D eigenvalue weighted by molar-refractivity contribution is -0.423. The van der Waals surface area contributed by atoms with E-state index in [0.717, 1.165) is 0 Å². The van der Waals surface area contributed by atoms with Crippen molar-refractivity contribution in [3.63, 3.8) is 0 Å². The van der Waals surface area contributed by atoms with Crippen molar-refractivity contribution >= 4 is 5.97 Å². The van der Waals surface area contributed by atoms with Gasteiger partial charge < -0.3 is 15.0 Å². The van der Waals surface area contributed by atoms with Gasteiger partial charge in [-0.05, 0) is 6.92 Å². The monoisotopic (exact) mass is 241 g/mol. The van der Waals surface area contributed by atoms with Crippen molar-refractivity contribution < 1.29 is 14.5 Å². The molecule has 1 aliphatic heterocycles. The summed E-state index contributed by atoms with van der Waals surface area (Å²) in [6.07, 6.45) is 1.62. The molecule has 0 unspecified atom stereocenters. The number of nitrogens with zero attached hydrogens (tertiary/aromatic N) is 2. The molecule has 0 aliphatic carbocycles. The molecule has 1 aliphatic rings. The lowest BCUT2D eigenvalue weighted by Gasteiger charge is -2.15. The number of nitrogens with one attached hydrogen (secondary N) is 1. The highest BCUT2D eigenvalue weighted by atomic mass is 16.6. The van der Waals surface area contributed by atoms with E-state index in [9.17, 15) is 14.9 Å². The molecule has 0 radical (unpaired) electrons. The molecule has 1 fully saturated rings. The average molecular weight is 241 g/mol. The van der Waals surface area contributed by atoms with Gasteiger partial charge in [0.25, 0.3) is 0 Å². The summed E-state index contributed by atoms with van der Waals surface area (Å²) in [4.78, 5) is 23.4. The molecule has 0 bridgehead atoms. The molecule has 0 aromatic rings. The molecule has 17 heavy (non-hydrogen) atoms. The summed E-state index contributed by atoms with van der Waals surface area (Å²) >= 11 is 0. The van der Waals surface area contributed by atoms with Gasteiger partial charge in [0.2, 0.25) is 0 Å². The van der Waals surface area contributed by atoms with Crippen LogP contribution in [0.5, 0.6) is 0 Å². The van der Waals surface area contributed by atoms with E-state index >= 15 is 0 Å². The van der Waals surface area contributed by atoms with Crippen molar-refractivity contribution in [2.75, 3.05) is 26.2 Å². The third kappa shape index (κ3) is 2.96. The van der Waals surface area contributed by atoms with Gasteiger partial charge in [-0.2, -0.15) is 0 Å². The number of carbonyl (C=O) groups is 1. The van der Waals surface area contributed by atoms with Crippen molar-refractivity contribution in [3.8, 4) is 0 Å². The van der Waals surface area contributed by atoms with Crippen LogP contribution in [0, 0.1) is 10.1 Å². The highest BCUT2D eigenvalue weighted by Gasteiger charge is 2.34. The zero-order valence-electron chi connectivity index (χ0n) is 9.64. The Morgan fingerprint density at radius 1 is 1.76 bits per heavy atom. The minimum atomic E-state index is -0.920. The molecule has 0 aromatic carbocycles. The quantitative estimate of drug-likeness (QED) is 0.241. The lowest BCUT2D eigenvalue weighted by atomic mass is 10.4. The summed E-state index contributed by atoms with van der Waals surface area (Å²) < 4.78 is 4.67. The van der Waals surface area contributed by atoms with Crippen LogP contribution in [0.4, 0.5) is 0 Å². The summed E-state index contributed by atoms with van der Waals surface area (Å²) in [7, 11) is 0. The Hall–Kier alpha value is -2.05. The minimum absolute atomic E-state index is 0.102. The van der Waals surface area contributed by atoms with Gasteiger partial charge in [0, 0.05) is 19.6 Å². The summed E-state index contributed by atoms with van der Waals surface area (Å²) in [5, 5.41) is 13.7. The molecule has 7 nitrogen and oxygen atoms in total. The normalized spacial score (nSPS) is 17.4. The lowest BCUT2D eigenvalue weighted by Crippen LogP contribution is -2.28. The topological polar surface area (TPSA) is 84.7 Å². The second-order valence-electron chi connectivity index (χ2n) is 3.34. The molecule has 1 rings (SSSR count). The van der Waals surface area contributed by atoms with Crippen LogP contribution in [0.1, 0.15) is 6.92 Å². The van der Waals surface area contributed by atoms with Crippen molar-refractivity contribution in [2.45, 2.75) is 6.92 Å². The molecule has 0 amide bonds. The number of ether oxygens (including phenoxy) is 1. The number of rotatable bonds is 5. The third-order valence-electron chi connectivity index (χ3n) is 2.22. The van der Waals surface area contributed by atoms with Crippen LogP contribution in [0.3, 0.4) is 0 Å². The number of esters is 1. The fourth-order valence-electron chi connectivity index (χ4n) is 1.56. The van der Waals surface area contributed by atoms with Crippen LogP contribution in [-0.4, -0.2) is 42.0 Å². The predicted molar refractivity (Wildman–Crippen MR) is 60.4 cm³/mol. The first kappa shape index (κ1) is 13.0. The Labute approximate surface area is 98.9 Å². The molecular formula is C10H15N3O4. The molecule has 0 saturated carbocycles. The first-order valence-electron chi connectivity index (χ1n) is 5.27. The summed E-state index contributed by atoms with van der Waals surface area (Å²) in [5.41, 5.74) is -0.550. The Morgan fingerprint density at radius 2 is 2.47 bits per heavy atom. The summed E-state index contributed by atoms with van der Waals surface area (Å²) in [5.74, 6) is -0.718. The van der Waals surface area contributed by atoms with Crippen LogP contribution < -0.4 is 5.32 Å². The van der Waals surface area contributed by atoms with Crippen LogP contribution in [0.15, 0.2) is 24.2 Å². The molecule has 1 N–H and O–H groups in total. The van der Waals surface area contributed by atoms with Gasteiger partial charge in [0.1, 0.15) is 0 Å². The van der Waals surface area contributed by atoms with Crippen molar-refractivity contribution in [2.24, 2.45) is 0 Å². The molecule has 7 heteroatoms. The molecular weight excluding hydrogens is 226 g/mol. The molecule has 94 valence electrons. The van der Waals surface area contributed by atoms with E-state index in [1.54, 1.807) is 17.9 Å². The molecule has 0 atom stereocenters. The molecule has 1 saturated heterocycles. The van der Waals surface area contributed by atoms with Crippen LogP contribution in [0.25, 0.3) is 0 Å². The van der Waals surface area contributed by atoms with Gasteiger partial charge >= 0.3 is 11.7 Å². The maximum atomic E-state index is 11.5. The van der Waals surface area contributed by atoms with E-state index in [0.29, 0.717) is 19.6 Å². The Bertz CT molecular complexity index is 365. The van der Waals surface area contributed by atoms with Crippen molar-refractivity contribution in [3.05, 3.63) is 34.3 Å². The zero-order chi connectivity index (χ0) is 12.8. The Balaban J connectivity index is 3.04. The first-order chi connectivity index (χ1) is 8.11. The van der Waals surface area contributed by atoms with Gasteiger partial charge in [0.05, 0.1) is 11.5 Å². The standard InChI is InChI=1S/C10H15N3O4/c1-3-6-12-7-5-11-9(12)8(13(15)16)10(14)17-4-2/h3,11H,1,4-7H2,2H3/b9-8-. The van der Waals surface area contributed by atoms with E-state index in [2.05, 4.69) is 16.6 Å². The average Bonchev–Trinajstić information content (AvgIpc) is 2.67. The number of carbonyl (C=O) groups excluding carboxylic acids is 1. The maximum absolute atomic E-state index is 11.5. The maximum Gasteiger partial charge on any atom is 0.413 e. The van der Waals surface area contributed by atoms with E-state index in [-0.39, 0.29) is 12.4 Å². The van der Waals surface area contributed by atoms with Gasteiger partial charge in [-0.1, -0.05) is 6.08 Å². The smallest absolute Gasteiger partial charge is 0.413 e. The van der Waals surface area contributed by atoms with Crippen molar-refractivity contribution in [1.29, 1.82) is 0 Å². The largest absolute Gasteiger partial charge is 0.458 e. The summed E-state index contributed by atoms with van der Waals surface area (Å²) in [6.45, 7) is 6.86. The fraction of sp³-hybridized carbons (Fsp3) is 0.500. The molecule has 0 spiro atoms. The van der Waals surface area contributed by atoms with E-state index < -0.39 is 16.6 Å². The van der Waals surface area contributed by atoms with E-state index in [1.165, 1.54) is 0 Å². The summed E-state index contributed by atoms with van der Waals surface area (Å²) in [6, 6.07) is 0. The van der Waals surface area contributed by atoms with Gasteiger partial charge in [-0.3, -0.25) is 10.1 Å². The predicted octanol–water partition coefficient (Wildman–Crippen LogP) is 0.0865. The van der Waals surface area contributed by atoms with Gasteiger partial charge in [0.15, 0.2) is 5.82 Å².